The highest BCUT2D eigenvalue weighted by molar-refractivity contribution is 14.1. The molecule has 34 heavy (non-hydrogen) atoms. The van der Waals surface area contributed by atoms with Crippen LogP contribution in [0, 0.1) is 9.52 Å². The largest absolute Gasteiger partial charge is 0.573 e. The Hall–Kier alpha value is -2.05. The molecule has 1 saturated carbocycles. The van der Waals surface area contributed by atoms with Crippen LogP contribution in [0.25, 0.3) is 0 Å². The van der Waals surface area contributed by atoms with Gasteiger partial charge in [0.15, 0.2) is 11.6 Å². The summed E-state index contributed by atoms with van der Waals surface area (Å²) in [6.45, 7) is 6.47. The van der Waals surface area contributed by atoms with Crippen LogP contribution in [-0.2, 0) is 17.7 Å². The van der Waals surface area contributed by atoms with Gasteiger partial charge in [0.05, 0.1) is 11.7 Å². The summed E-state index contributed by atoms with van der Waals surface area (Å²) in [4.78, 5) is 19.5. The van der Waals surface area contributed by atoms with Crippen LogP contribution < -0.4 is 4.74 Å². The molecular weight excluding hydrogens is 569 g/mol. The molecule has 2 aromatic rings. The molecular formula is C23H26F4IN3O3. The van der Waals surface area contributed by atoms with Crippen molar-refractivity contribution in [3.05, 3.63) is 44.8 Å². The van der Waals surface area contributed by atoms with E-state index in [0.717, 1.165) is 40.2 Å². The zero-order valence-corrected chi connectivity index (χ0v) is 21.2. The van der Waals surface area contributed by atoms with E-state index >= 15 is 0 Å². The summed E-state index contributed by atoms with van der Waals surface area (Å²) >= 11 is 2.18. The van der Waals surface area contributed by atoms with E-state index in [-0.39, 0.29) is 6.04 Å². The van der Waals surface area contributed by atoms with Gasteiger partial charge in [-0.3, -0.25) is 4.90 Å². The minimum atomic E-state index is -4.97. The van der Waals surface area contributed by atoms with Gasteiger partial charge in [-0.2, -0.15) is 0 Å². The smallest absolute Gasteiger partial charge is 0.444 e. The number of carbonyl (C=O) groups excluding carboxylic acids is 1. The van der Waals surface area contributed by atoms with Crippen LogP contribution in [0.2, 0.25) is 0 Å². The number of nitrogens with zero attached hydrogens (tertiary/aromatic N) is 3. The lowest BCUT2D eigenvalue weighted by atomic mass is 10.00. The first kappa shape index (κ1) is 25.1. The quantitative estimate of drug-likeness (QED) is 0.300. The van der Waals surface area contributed by atoms with Crippen LogP contribution in [0.4, 0.5) is 22.4 Å². The summed E-state index contributed by atoms with van der Waals surface area (Å²) < 4.78 is 63.9. The standard InChI is InChI=1S/C23H26F4IN3O3/c1-22(2,3)34-21(32)30-10-11-31-18(19(28)29-20(31)14-6-7-14)16(30)8-4-13-5-9-17(15(24)12-13)33-23(25,26)27/h5,9,12,14,16H,4,6-8,10-11H2,1-3H3. The minimum Gasteiger partial charge on any atom is -0.444 e. The van der Waals surface area contributed by atoms with Gasteiger partial charge in [0.25, 0.3) is 0 Å². The maximum atomic E-state index is 14.2. The van der Waals surface area contributed by atoms with Gasteiger partial charge in [0.1, 0.15) is 15.1 Å². The van der Waals surface area contributed by atoms with Gasteiger partial charge in [-0.15, -0.1) is 13.2 Å². The number of benzene rings is 1. The van der Waals surface area contributed by atoms with Crippen molar-refractivity contribution in [2.75, 3.05) is 6.54 Å². The van der Waals surface area contributed by atoms with E-state index < -0.39 is 29.6 Å². The highest BCUT2D eigenvalue weighted by atomic mass is 127. The van der Waals surface area contributed by atoms with Crippen molar-refractivity contribution in [2.45, 2.75) is 76.9 Å². The fourth-order valence-corrected chi connectivity index (χ4v) is 5.11. The van der Waals surface area contributed by atoms with Crippen molar-refractivity contribution in [1.29, 1.82) is 0 Å². The molecule has 1 aliphatic carbocycles. The second-order valence-corrected chi connectivity index (χ2v) is 10.6. The summed E-state index contributed by atoms with van der Waals surface area (Å²) in [5.74, 6) is -0.483. The Balaban J connectivity index is 1.59. The molecule has 1 aliphatic heterocycles. The average Bonchev–Trinajstić information content (AvgIpc) is 3.49. The van der Waals surface area contributed by atoms with E-state index in [2.05, 4.69) is 31.9 Å². The van der Waals surface area contributed by atoms with Crippen molar-refractivity contribution >= 4 is 28.7 Å². The summed E-state index contributed by atoms with van der Waals surface area (Å²) in [6, 6.07) is 3.07. The van der Waals surface area contributed by atoms with Crippen LogP contribution in [0.5, 0.6) is 5.75 Å². The Labute approximate surface area is 208 Å². The fourth-order valence-electron chi connectivity index (χ4n) is 4.21. The van der Waals surface area contributed by atoms with Crippen LogP contribution in [0.1, 0.15) is 69.1 Å². The van der Waals surface area contributed by atoms with Crippen molar-refractivity contribution < 1.29 is 31.8 Å². The highest BCUT2D eigenvalue weighted by Gasteiger charge is 2.40. The lowest BCUT2D eigenvalue weighted by Gasteiger charge is -2.38. The van der Waals surface area contributed by atoms with Gasteiger partial charge >= 0.3 is 12.5 Å². The number of halogens is 5. The van der Waals surface area contributed by atoms with Gasteiger partial charge in [-0.05, 0) is 86.7 Å². The van der Waals surface area contributed by atoms with E-state index in [0.29, 0.717) is 37.4 Å². The first-order valence-electron chi connectivity index (χ1n) is 11.1. The number of imidazole rings is 1. The molecule has 0 bridgehead atoms. The normalized spacial score (nSPS) is 18.6. The second kappa shape index (κ2) is 9.19. The van der Waals surface area contributed by atoms with Crippen LogP contribution in [0.15, 0.2) is 18.2 Å². The average molecular weight is 595 g/mol. The molecule has 1 fully saturated rings. The highest BCUT2D eigenvalue weighted by Crippen LogP contribution is 2.43. The lowest BCUT2D eigenvalue weighted by Crippen LogP contribution is -2.45. The van der Waals surface area contributed by atoms with E-state index in [9.17, 15) is 22.4 Å². The topological polar surface area (TPSA) is 56.6 Å². The van der Waals surface area contributed by atoms with Crippen LogP contribution >= 0.6 is 22.6 Å². The molecule has 11 heteroatoms. The van der Waals surface area contributed by atoms with Gasteiger partial charge in [-0.25, -0.2) is 14.2 Å². The first-order chi connectivity index (χ1) is 15.8. The number of rotatable bonds is 5. The van der Waals surface area contributed by atoms with Gasteiger partial charge in [-0.1, -0.05) is 6.07 Å². The maximum absolute atomic E-state index is 14.2. The number of fused-ring (bicyclic) bond motifs is 1. The third-order valence-corrected chi connectivity index (χ3v) is 6.54. The number of alkyl halides is 3. The fraction of sp³-hybridized carbons (Fsp3) is 0.565. The van der Waals surface area contributed by atoms with E-state index in [1.807, 2.05) is 0 Å². The van der Waals surface area contributed by atoms with Crippen molar-refractivity contribution in [1.82, 2.24) is 14.5 Å². The Bertz CT molecular complexity index is 1080. The third-order valence-electron chi connectivity index (χ3n) is 5.75. The van der Waals surface area contributed by atoms with Gasteiger partial charge in [0.2, 0.25) is 0 Å². The third kappa shape index (κ3) is 5.77. The van der Waals surface area contributed by atoms with Gasteiger partial charge < -0.3 is 14.0 Å². The molecule has 1 amide bonds. The number of amides is 1. The zero-order chi connectivity index (χ0) is 24.8. The number of hydrogen-bond donors (Lipinski definition) is 0. The predicted octanol–water partition coefficient (Wildman–Crippen LogP) is 6.33. The van der Waals surface area contributed by atoms with Crippen molar-refractivity contribution in [3.8, 4) is 5.75 Å². The van der Waals surface area contributed by atoms with Crippen molar-refractivity contribution in [2.24, 2.45) is 0 Å². The van der Waals surface area contributed by atoms with E-state index in [1.54, 1.807) is 25.7 Å². The number of hydrogen-bond acceptors (Lipinski definition) is 4. The summed E-state index contributed by atoms with van der Waals surface area (Å²) in [7, 11) is 0. The Morgan fingerprint density at radius 2 is 1.91 bits per heavy atom. The predicted molar refractivity (Wildman–Crippen MR) is 124 cm³/mol. The van der Waals surface area contributed by atoms with Crippen LogP contribution in [0.3, 0.4) is 0 Å². The second-order valence-electron chi connectivity index (χ2n) is 9.61. The molecule has 6 nitrogen and oxygen atoms in total. The molecule has 1 aromatic carbocycles. The number of carbonyl (C=O) groups is 1. The molecule has 1 atom stereocenters. The minimum absolute atomic E-state index is 0.340. The molecule has 186 valence electrons. The number of aryl methyl sites for hydroxylation is 1. The summed E-state index contributed by atoms with van der Waals surface area (Å²) in [6.07, 6.45) is -2.44. The molecule has 2 heterocycles. The molecule has 1 aromatic heterocycles. The number of ether oxygens (including phenoxy) is 2. The molecule has 0 saturated heterocycles. The Kier molecular flexibility index (Phi) is 6.78. The SMILES string of the molecule is CC(C)(C)OC(=O)N1CCn2c(C3CC3)nc(I)c2C1CCc1ccc(OC(F)(F)F)c(F)c1. The molecule has 0 N–H and O–H groups in total. The Morgan fingerprint density at radius 3 is 2.50 bits per heavy atom. The maximum Gasteiger partial charge on any atom is 0.573 e. The number of aromatic nitrogens is 2. The molecule has 0 spiro atoms. The lowest BCUT2D eigenvalue weighted by molar-refractivity contribution is -0.275. The monoisotopic (exact) mass is 595 g/mol. The molecule has 2 aliphatic rings. The molecule has 4 rings (SSSR count). The Morgan fingerprint density at radius 1 is 1.21 bits per heavy atom. The van der Waals surface area contributed by atoms with E-state index in [1.165, 1.54) is 6.07 Å². The molecule has 1 unspecified atom stereocenters. The molecule has 0 radical (unpaired) electrons. The van der Waals surface area contributed by atoms with Crippen LogP contribution in [-0.4, -0.2) is 39.1 Å². The zero-order valence-electron chi connectivity index (χ0n) is 19.1. The van der Waals surface area contributed by atoms with Crippen molar-refractivity contribution in [3.63, 3.8) is 0 Å². The first-order valence-corrected chi connectivity index (χ1v) is 12.2. The van der Waals surface area contributed by atoms with Gasteiger partial charge in [0, 0.05) is 19.0 Å². The summed E-state index contributed by atoms with van der Waals surface area (Å²) in [5, 5.41) is 0. The summed E-state index contributed by atoms with van der Waals surface area (Å²) in [5.41, 5.74) is 0.769. The van der Waals surface area contributed by atoms with E-state index in [4.69, 9.17) is 9.72 Å².